The Labute approximate surface area is 163 Å². The number of nitrogens with one attached hydrogen (secondary N) is 1. The Balaban J connectivity index is 1.52. The summed E-state index contributed by atoms with van der Waals surface area (Å²) in [6.07, 6.45) is 4.54. The Morgan fingerprint density at radius 1 is 1.29 bits per heavy atom. The van der Waals surface area contributed by atoms with E-state index in [0.29, 0.717) is 29.3 Å². The highest BCUT2D eigenvalue weighted by Gasteiger charge is 2.29. The largest absolute Gasteiger partial charge is 0.461 e. The Kier molecular flexibility index (Phi) is 4.79. The maximum absolute atomic E-state index is 12.5. The molecule has 0 bridgehead atoms. The molecule has 4 rings (SSSR count). The molecule has 1 fully saturated rings. The number of H-pyrrole nitrogens is 1. The summed E-state index contributed by atoms with van der Waals surface area (Å²) in [5.74, 6) is -0.0582. The molecule has 0 spiro atoms. The summed E-state index contributed by atoms with van der Waals surface area (Å²) in [6, 6.07) is 12.5. The zero-order chi connectivity index (χ0) is 19.7. The third kappa shape index (κ3) is 3.86. The van der Waals surface area contributed by atoms with E-state index in [2.05, 4.69) is 23.9 Å². The monoisotopic (exact) mass is 379 g/mol. The lowest BCUT2D eigenvalue weighted by Crippen LogP contribution is -2.26. The molecule has 1 aromatic carbocycles. The zero-order valence-corrected chi connectivity index (χ0v) is 16.3. The number of nitrogens with zero attached hydrogens (tertiary/aromatic N) is 2. The minimum atomic E-state index is -0.449. The van der Waals surface area contributed by atoms with Crippen molar-refractivity contribution in [3.63, 3.8) is 0 Å². The van der Waals surface area contributed by atoms with Gasteiger partial charge in [0.15, 0.2) is 5.65 Å². The van der Waals surface area contributed by atoms with Crippen LogP contribution in [0, 0.1) is 11.3 Å². The lowest BCUT2D eigenvalue weighted by molar-refractivity contribution is 0.0334. The van der Waals surface area contributed by atoms with Crippen molar-refractivity contribution < 1.29 is 9.53 Å². The summed E-state index contributed by atoms with van der Waals surface area (Å²) in [5, 5.41) is 2.81. The van der Waals surface area contributed by atoms with Crippen LogP contribution < -0.4 is 5.56 Å². The standard InChI is InChI=1S/C22H25N3O3/c1-22(2)10-6-7-15(13-22)14-28-21(27)18-11-19-23-17(12-20(26)25(19)24-18)16-8-4-3-5-9-16/h3-5,8-9,11-12,15,24H,6-7,10,13-14H2,1-2H3. The van der Waals surface area contributed by atoms with Crippen LogP contribution in [0.3, 0.4) is 0 Å². The van der Waals surface area contributed by atoms with Crippen LogP contribution in [0.1, 0.15) is 50.0 Å². The van der Waals surface area contributed by atoms with Crippen LogP contribution in [0.2, 0.25) is 0 Å². The molecule has 2 aromatic heterocycles. The molecule has 146 valence electrons. The predicted octanol–water partition coefficient (Wildman–Crippen LogP) is 4.06. The number of benzene rings is 1. The van der Waals surface area contributed by atoms with E-state index in [-0.39, 0.29) is 11.3 Å². The number of carbonyl (C=O) groups is 1. The van der Waals surface area contributed by atoms with Crippen molar-refractivity contribution in [2.45, 2.75) is 39.5 Å². The fourth-order valence-electron chi connectivity index (χ4n) is 4.12. The highest BCUT2D eigenvalue weighted by Crippen LogP contribution is 2.38. The molecule has 1 atom stereocenters. The lowest BCUT2D eigenvalue weighted by Gasteiger charge is -2.34. The average Bonchev–Trinajstić information content (AvgIpc) is 3.11. The summed E-state index contributed by atoms with van der Waals surface area (Å²) >= 11 is 0. The van der Waals surface area contributed by atoms with Crippen molar-refractivity contribution in [2.24, 2.45) is 11.3 Å². The SMILES string of the molecule is CC1(C)CCCC(COC(=O)c2cc3nc(-c4ccccc4)cc(=O)n3[nH]2)C1. The Hall–Kier alpha value is -2.89. The van der Waals surface area contributed by atoms with Crippen LogP contribution >= 0.6 is 0 Å². The Morgan fingerprint density at radius 2 is 2.07 bits per heavy atom. The van der Waals surface area contributed by atoms with E-state index in [1.807, 2.05) is 30.3 Å². The molecule has 1 aliphatic carbocycles. The highest BCUT2D eigenvalue weighted by atomic mass is 16.5. The minimum Gasteiger partial charge on any atom is -0.461 e. The first-order chi connectivity index (χ1) is 13.4. The summed E-state index contributed by atoms with van der Waals surface area (Å²) in [7, 11) is 0. The molecule has 6 heteroatoms. The number of hydrogen-bond donors (Lipinski definition) is 1. The number of rotatable bonds is 4. The number of aromatic nitrogens is 3. The first kappa shape index (κ1) is 18.5. The minimum absolute atomic E-state index is 0.241. The molecule has 1 saturated carbocycles. The van der Waals surface area contributed by atoms with E-state index in [9.17, 15) is 9.59 Å². The smallest absolute Gasteiger partial charge is 0.356 e. The lowest BCUT2D eigenvalue weighted by atomic mass is 9.72. The second kappa shape index (κ2) is 7.26. The van der Waals surface area contributed by atoms with E-state index in [1.165, 1.54) is 23.4 Å². The van der Waals surface area contributed by atoms with Crippen LogP contribution in [-0.4, -0.2) is 27.2 Å². The normalized spacial score (nSPS) is 18.9. The third-order valence-corrected chi connectivity index (χ3v) is 5.50. The molecular weight excluding hydrogens is 354 g/mol. The van der Waals surface area contributed by atoms with E-state index < -0.39 is 5.97 Å². The van der Waals surface area contributed by atoms with Gasteiger partial charge in [-0.25, -0.2) is 14.3 Å². The van der Waals surface area contributed by atoms with E-state index in [4.69, 9.17) is 4.74 Å². The second-order valence-corrected chi connectivity index (χ2v) is 8.43. The first-order valence-electron chi connectivity index (χ1n) is 9.77. The molecule has 1 unspecified atom stereocenters. The molecular formula is C22H25N3O3. The third-order valence-electron chi connectivity index (χ3n) is 5.50. The molecule has 28 heavy (non-hydrogen) atoms. The number of aromatic amines is 1. The van der Waals surface area contributed by atoms with Gasteiger partial charge >= 0.3 is 5.97 Å². The van der Waals surface area contributed by atoms with Crippen LogP contribution in [0.4, 0.5) is 0 Å². The van der Waals surface area contributed by atoms with Crippen LogP contribution in [-0.2, 0) is 4.74 Å². The quantitative estimate of drug-likeness (QED) is 0.694. The maximum Gasteiger partial charge on any atom is 0.356 e. The number of fused-ring (bicyclic) bond motifs is 1. The molecule has 0 amide bonds. The highest BCUT2D eigenvalue weighted by molar-refractivity contribution is 5.88. The van der Waals surface area contributed by atoms with Gasteiger partial charge in [-0.3, -0.25) is 9.89 Å². The topological polar surface area (TPSA) is 76.5 Å². The number of hydrogen-bond acceptors (Lipinski definition) is 4. The molecule has 1 N–H and O–H groups in total. The number of carbonyl (C=O) groups excluding carboxylic acids is 1. The molecule has 2 heterocycles. The van der Waals surface area contributed by atoms with Crippen molar-refractivity contribution in [2.75, 3.05) is 6.61 Å². The van der Waals surface area contributed by atoms with Gasteiger partial charge in [-0.2, -0.15) is 0 Å². The zero-order valence-electron chi connectivity index (χ0n) is 16.3. The Morgan fingerprint density at radius 3 is 2.82 bits per heavy atom. The van der Waals surface area contributed by atoms with Crippen molar-refractivity contribution in [3.8, 4) is 11.3 Å². The summed E-state index contributed by atoms with van der Waals surface area (Å²) in [5.41, 5.74) is 2.11. The van der Waals surface area contributed by atoms with Gasteiger partial charge in [0.2, 0.25) is 0 Å². The fourth-order valence-corrected chi connectivity index (χ4v) is 4.12. The number of esters is 1. The van der Waals surface area contributed by atoms with Crippen LogP contribution in [0.15, 0.2) is 47.3 Å². The molecule has 6 nitrogen and oxygen atoms in total. The van der Waals surface area contributed by atoms with Crippen molar-refractivity contribution >= 4 is 11.6 Å². The van der Waals surface area contributed by atoms with Gasteiger partial charge in [0.05, 0.1) is 12.3 Å². The van der Waals surface area contributed by atoms with Gasteiger partial charge in [-0.1, -0.05) is 50.6 Å². The number of ether oxygens (including phenoxy) is 1. The van der Waals surface area contributed by atoms with Crippen LogP contribution in [0.25, 0.3) is 16.9 Å². The van der Waals surface area contributed by atoms with Gasteiger partial charge in [0, 0.05) is 17.7 Å². The average molecular weight is 379 g/mol. The predicted molar refractivity (Wildman–Crippen MR) is 107 cm³/mol. The first-order valence-corrected chi connectivity index (χ1v) is 9.77. The van der Waals surface area contributed by atoms with Gasteiger partial charge in [0.1, 0.15) is 5.69 Å². The summed E-state index contributed by atoms with van der Waals surface area (Å²) in [6.45, 7) is 4.94. The van der Waals surface area contributed by atoms with Crippen molar-refractivity contribution in [1.82, 2.24) is 14.6 Å². The van der Waals surface area contributed by atoms with Gasteiger partial charge in [0.25, 0.3) is 5.56 Å². The summed E-state index contributed by atoms with van der Waals surface area (Å²) < 4.78 is 6.80. The molecule has 1 aliphatic rings. The molecule has 3 aromatic rings. The fraction of sp³-hybridized carbons (Fsp3) is 0.409. The van der Waals surface area contributed by atoms with Crippen molar-refractivity contribution in [1.29, 1.82) is 0 Å². The van der Waals surface area contributed by atoms with E-state index in [1.54, 1.807) is 6.07 Å². The molecule has 0 saturated heterocycles. The van der Waals surface area contributed by atoms with Gasteiger partial charge in [-0.05, 0) is 30.6 Å². The van der Waals surface area contributed by atoms with E-state index >= 15 is 0 Å². The maximum atomic E-state index is 12.5. The summed E-state index contributed by atoms with van der Waals surface area (Å²) in [4.78, 5) is 29.4. The molecule has 0 aliphatic heterocycles. The van der Waals surface area contributed by atoms with Crippen molar-refractivity contribution in [3.05, 3.63) is 58.5 Å². The Bertz CT molecular complexity index is 1050. The van der Waals surface area contributed by atoms with Gasteiger partial charge < -0.3 is 4.74 Å². The van der Waals surface area contributed by atoms with Crippen LogP contribution in [0.5, 0.6) is 0 Å². The van der Waals surface area contributed by atoms with Gasteiger partial charge in [-0.15, -0.1) is 0 Å². The van der Waals surface area contributed by atoms with E-state index in [0.717, 1.165) is 18.4 Å². The second-order valence-electron chi connectivity index (χ2n) is 8.43. The molecule has 0 radical (unpaired) electrons.